The Balaban J connectivity index is 1.97. The molecule has 4 nitrogen and oxygen atoms in total. The third-order valence-corrected chi connectivity index (χ3v) is 2.73. The first-order chi connectivity index (χ1) is 5.66. The van der Waals surface area contributed by atoms with Gasteiger partial charge in [-0.2, -0.15) is 5.01 Å². The van der Waals surface area contributed by atoms with E-state index in [4.69, 9.17) is 23.2 Å². The Morgan fingerprint density at radius 2 is 2.25 bits per heavy atom. The minimum atomic E-state index is -0.231. The van der Waals surface area contributed by atoms with E-state index in [0.29, 0.717) is 5.16 Å². The lowest BCUT2D eigenvalue weighted by atomic mass is 10.5. The van der Waals surface area contributed by atoms with E-state index in [-0.39, 0.29) is 16.9 Å². The Morgan fingerprint density at radius 3 is 2.75 bits per heavy atom. The standard InChI is InChI=1S/C5H7BrCl2N4/c6-4-11-12(4)5-9-2(7)1-3(8)10-5/h1-2,4-5,9-11H. The van der Waals surface area contributed by atoms with Crippen molar-refractivity contribution in [2.24, 2.45) is 0 Å². The predicted octanol–water partition coefficient (Wildman–Crippen LogP) is 0.607. The molecular weight excluding hydrogens is 267 g/mol. The first kappa shape index (κ1) is 9.05. The quantitative estimate of drug-likeness (QED) is 0.372. The van der Waals surface area contributed by atoms with E-state index < -0.39 is 0 Å². The van der Waals surface area contributed by atoms with Gasteiger partial charge in [-0.25, -0.2) is 5.43 Å². The van der Waals surface area contributed by atoms with Crippen molar-refractivity contribution >= 4 is 39.1 Å². The van der Waals surface area contributed by atoms with Crippen molar-refractivity contribution in [3.63, 3.8) is 0 Å². The summed E-state index contributed by atoms with van der Waals surface area (Å²) in [6, 6.07) is 0. The average molecular weight is 274 g/mol. The summed E-state index contributed by atoms with van der Waals surface area (Å²) in [6.45, 7) is 0. The first-order valence-electron chi connectivity index (χ1n) is 3.39. The number of alkyl halides is 2. The Kier molecular flexibility index (Phi) is 2.51. The van der Waals surface area contributed by atoms with Crippen LogP contribution in [0.2, 0.25) is 0 Å². The van der Waals surface area contributed by atoms with E-state index in [0.717, 1.165) is 0 Å². The maximum absolute atomic E-state index is 5.84. The van der Waals surface area contributed by atoms with Crippen LogP contribution in [0.25, 0.3) is 0 Å². The minimum absolute atomic E-state index is 0.0608. The van der Waals surface area contributed by atoms with Crippen molar-refractivity contribution in [2.75, 3.05) is 0 Å². The topological polar surface area (TPSA) is 49.0 Å². The minimum Gasteiger partial charge on any atom is -0.347 e. The molecule has 0 aromatic carbocycles. The zero-order chi connectivity index (χ0) is 8.72. The molecule has 4 unspecified atom stereocenters. The highest BCUT2D eigenvalue weighted by molar-refractivity contribution is 9.09. The van der Waals surface area contributed by atoms with E-state index in [2.05, 4.69) is 32.0 Å². The summed E-state index contributed by atoms with van der Waals surface area (Å²) in [5.41, 5.74) is 2.79. The molecule has 4 atom stereocenters. The largest absolute Gasteiger partial charge is 0.347 e. The summed E-state index contributed by atoms with van der Waals surface area (Å²) in [5.74, 6) is 0. The molecule has 0 saturated carbocycles. The van der Waals surface area contributed by atoms with Gasteiger partial charge in [-0.1, -0.05) is 27.5 Å². The molecule has 2 aliphatic heterocycles. The average Bonchev–Trinajstić information content (AvgIpc) is 2.64. The predicted molar refractivity (Wildman–Crippen MR) is 51.3 cm³/mol. The van der Waals surface area contributed by atoms with Crippen LogP contribution in [0.3, 0.4) is 0 Å². The van der Waals surface area contributed by atoms with Crippen LogP contribution < -0.4 is 16.1 Å². The van der Waals surface area contributed by atoms with Gasteiger partial charge in [0.1, 0.15) is 15.7 Å². The molecule has 3 N–H and O–H groups in total. The van der Waals surface area contributed by atoms with Crippen LogP contribution in [0.4, 0.5) is 0 Å². The molecule has 7 heteroatoms. The van der Waals surface area contributed by atoms with Crippen LogP contribution in [-0.2, 0) is 0 Å². The maximum Gasteiger partial charge on any atom is 0.152 e. The van der Waals surface area contributed by atoms with Crippen LogP contribution in [0.15, 0.2) is 11.2 Å². The van der Waals surface area contributed by atoms with Gasteiger partial charge in [0.25, 0.3) is 0 Å². The zero-order valence-electron chi connectivity index (χ0n) is 5.89. The zero-order valence-corrected chi connectivity index (χ0v) is 8.99. The lowest BCUT2D eigenvalue weighted by molar-refractivity contribution is 0.265. The third-order valence-electron chi connectivity index (χ3n) is 1.59. The first-order valence-corrected chi connectivity index (χ1v) is 5.12. The van der Waals surface area contributed by atoms with Gasteiger partial charge in [0.05, 0.1) is 0 Å². The van der Waals surface area contributed by atoms with Crippen molar-refractivity contribution in [1.29, 1.82) is 0 Å². The summed E-state index contributed by atoms with van der Waals surface area (Å²) in [7, 11) is 0. The second-order valence-corrected chi connectivity index (χ2v) is 4.25. The molecule has 2 heterocycles. The molecule has 2 aliphatic rings. The fraction of sp³-hybridized carbons (Fsp3) is 0.600. The summed E-state index contributed by atoms with van der Waals surface area (Å²) in [5, 5.41) is 8.73. The van der Waals surface area contributed by atoms with E-state index in [1.54, 1.807) is 6.08 Å². The molecule has 2 rings (SSSR count). The van der Waals surface area contributed by atoms with Gasteiger partial charge in [0.2, 0.25) is 0 Å². The summed E-state index contributed by atoms with van der Waals surface area (Å²) < 4.78 is 0. The molecule has 0 spiro atoms. The van der Waals surface area contributed by atoms with Crippen LogP contribution >= 0.6 is 39.1 Å². The van der Waals surface area contributed by atoms with Gasteiger partial charge in [-0.15, -0.1) is 11.6 Å². The number of nitrogens with zero attached hydrogens (tertiary/aromatic N) is 1. The van der Waals surface area contributed by atoms with Crippen LogP contribution in [-0.4, -0.2) is 21.9 Å². The highest BCUT2D eigenvalue weighted by Crippen LogP contribution is 2.21. The van der Waals surface area contributed by atoms with Crippen molar-refractivity contribution < 1.29 is 0 Å². The molecule has 0 bridgehead atoms. The molecule has 68 valence electrons. The number of hydrogen-bond donors (Lipinski definition) is 3. The van der Waals surface area contributed by atoms with Crippen LogP contribution in [0, 0.1) is 0 Å². The van der Waals surface area contributed by atoms with Gasteiger partial charge in [0, 0.05) is 0 Å². The Labute approximate surface area is 88.4 Å². The maximum atomic E-state index is 5.84. The Hall–Kier alpha value is 0.480. The fourth-order valence-corrected chi connectivity index (χ4v) is 2.00. The normalized spacial score (nSPS) is 46.4. The summed E-state index contributed by atoms with van der Waals surface area (Å²) >= 11 is 15.0. The molecular formula is C5H7BrCl2N4. The van der Waals surface area contributed by atoms with Crippen LogP contribution in [0.1, 0.15) is 0 Å². The van der Waals surface area contributed by atoms with Crippen molar-refractivity contribution in [3.8, 4) is 0 Å². The second kappa shape index (κ2) is 3.32. The Morgan fingerprint density at radius 1 is 1.58 bits per heavy atom. The van der Waals surface area contributed by atoms with Crippen molar-refractivity contribution in [3.05, 3.63) is 11.2 Å². The second-order valence-electron chi connectivity index (χ2n) is 2.50. The number of nitrogens with one attached hydrogen (secondary N) is 3. The van der Waals surface area contributed by atoms with Gasteiger partial charge in [-0.3, -0.25) is 5.32 Å². The third kappa shape index (κ3) is 1.86. The molecule has 1 saturated heterocycles. The van der Waals surface area contributed by atoms with Gasteiger partial charge >= 0.3 is 0 Å². The summed E-state index contributed by atoms with van der Waals surface area (Å²) in [6.07, 6.45) is 1.64. The monoisotopic (exact) mass is 272 g/mol. The highest BCUT2D eigenvalue weighted by atomic mass is 79.9. The van der Waals surface area contributed by atoms with E-state index in [1.165, 1.54) is 0 Å². The Bertz CT molecular complexity index is 223. The molecule has 0 radical (unpaired) electrons. The van der Waals surface area contributed by atoms with Gasteiger partial charge in [0.15, 0.2) is 6.29 Å². The molecule has 0 aromatic rings. The van der Waals surface area contributed by atoms with E-state index in [1.807, 2.05) is 5.01 Å². The fourth-order valence-electron chi connectivity index (χ4n) is 0.993. The lowest BCUT2D eigenvalue weighted by Gasteiger charge is -2.27. The molecule has 0 amide bonds. The molecule has 12 heavy (non-hydrogen) atoms. The van der Waals surface area contributed by atoms with Crippen molar-refractivity contribution in [2.45, 2.75) is 16.9 Å². The SMILES string of the molecule is ClC1=CC(Cl)NC(N2NC2Br)N1. The van der Waals surface area contributed by atoms with Gasteiger partial charge in [-0.05, 0) is 6.08 Å². The number of halogens is 3. The van der Waals surface area contributed by atoms with E-state index in [9.17, 15) is 0 Å². The molecule has 1 fully saturated rings. The number of rotatable bonds is 1. The van der Waals surface area contributed by atoms with Gasteiger partial charge < -0.3 is 5.32 Å². The molecule has 0 aliphatic carbocycles. The van der Waals surface area contributed by atoms with E-state index >= 15 is 0 Å². The molecule has 0 aromatic heterocycles. The summed E-state index contributed by atoms with van der Waals surface area (Å²) in [4.78, 5) is 0. The highest BCUT2D eigenvalue weighted by Gasteiger charge is 2.39. The van der Waals surface area contributed by atoms with Crippen molar-refractivity contribution in [1.82, 2.24) is 21.1 Å². The lowest BCUT2D eigenvalue weighted by Crippen LogP contribution is -2.53. The smallest absolute Gasteiger partial charge is 0.152 e. The number of hydrogen-bond acceptors (Lipinski definition) is 4. The van der Waals surface area contributed by atoms with Crippen LogP contribution in [0.5, 0.6) is 0 Å². The number of hydrazine groups is 1.